The minimum atomic E-state index is -0.269. The van der Waals surface area contributed by atoms with Crippen LogP contribution in [0.4, 0.5) is 17.2 Å². The Kier molecular flexibility index (Phi) is 6.62. The molecule has 1 aliphatic heterocycles. The second kappa shape index (κ2) is 9.93. The fourth-order valence-corrected chi connectivity index (χ4v) is 3.45. The van der Waals surface area contributed by atoms with Crippen molar-refractivity contribution >= 4 is 29.0 Å². The molecule has 0 aliphatic carbocycles. The number of hydrogen-bond acceptors (Lipinski definition) is 6. The number of nitrogens with one attached hydrogen (secondary N) is 2. The third-order valence-corrected chi connectivity index (χ3v) is 5.10. The molecule has 2 N–H and O–H groups in total. The van der Waals surface area contributed by atoms with E-state index in [0.29, 0.717) is 60.4 Å². The summed E-state index contributed by atoms with van der Waals surface area (Å²) in [5.41, 5.74) is 2.13. The highest BCUT2D eigenvalue weighted by atomic mass is 16.5. The molecular weight excluding hydrogens is 408 g/mol. The second-order valence-electron chi connectivity index (χ2n) is 7.16. The van der Waals surface area contributed by atoms with Crippen molar-refractivity contribution in [2.45, 2.75) is 0 Å². The van der Waals surface area contributed by atoms with Crippen LogP contribution in [0.25, 0.3) is 0 Å². The molecule has 1 fully saturated rings. The van der Waals surface area contributed by atoms with Crippen molar-refractivity contribution in [3.05, 3.63) is 78.0 Å². The van der Waals surface area contributed by atoms with E-state index in [-0.39, 0.29) is 11.8 Å². The molecule has 3 aromatic rings. The first kappa shape index (κ1) is 21.3. The molecule has 1 saturated heterocycles. The molecule has 1 aromatic heterocycles. The number of anilines is 3. The maximum atomic E-state index is 12.9. The van der Waals surface area contributed by atoms with Crippen LogP contribution in [0.2, 0.25) is 0 Å². The molecule has 164 valence electrons. The quantitative estimate of drug-likeness (QED) is 0.620. The molecule has 1 aliphatic rings. The molecule has 8 nitrogen and oxygen atoms in total. The van der Waals surface area contributed by atoms with Crippen molar-refractivity contribution in [2.24, 2.45) is 0 Å². The monoisotopic (exact) mass is 432 g/mol. The number of carbonyl (C=O) groups is 2. The van der Waals surface area contributed by atoms with Crippen LogP contribution in [-0.4, -0.2) is 50.2 Å². The number of methoxy groups -OCH3 is 1. The molecule has 2 aromatic carbocycles. The number of hydrogen-bond donors (Lipinski definition) is 2. The maximum Gasteiger partial charge on any atom is 0.259 e. The van der Waals surface area contributed by atoms with Gasteiger partial charge in [-0.3, -0.25) is 9.59 Å². The minimum absolute atomic E-state index is 0.259. The average Bonchev–Trinajstić information content (AvgIpc) is 2.85. The Morgan fingerprint density at radius 3 is 2.44 bits per heavy atom. The highest BCUT2D eigenvalue weighted by Crippen LogP contribution is 2.24. The van der Waals surface area contributed by atoms with Gasteiger partial charge in [0.2, 0.25) is 0 Å². The highest BCUT2D eigenvalue weighted by molar-refractivity contribution is 6.08. The summed E-state index contributed by atoms with van der Waals surface area (Å²) in [6.45, 7) is 2.59. The van der Waals surface area contributed by atoms with Crippen molar-refractivity contribution < 1.29 is 19.1 Å². The van der Waals surface area contributed by atoms with Crippen LogP contribution in [-0.2, 0) is 4.74 Å². The predicted octanol–water partition coefficient (Wildman–Crippen LogP) is 3.43. The molecular formula is C24H24N4O4. The van der Waals surface area contributed by atoms with Crippen LogP contribution >= 0.6 is 0 Å². The topological polar surface area (TPSA) is 92.8 Å². The lowest BCUT2D eigenvalue weighted by molar-refractivity contribution is 0.101. The van der Waals surface area contributed by atoms with Crippen LogP contribution in [0.15, 0.2) is 66.9 Å². The van der Waals surface area contributed by atoms with Gasteiger partial charge in [-0.25, -0.2) is 4.98 Å². The summed E-state index contributed by atoms with van der Waals surface area (Å²) in [4.78, 5) is 31.9. The van der Waals surface area contributed by atoms with Gasteiger partial charge in [-0.15, -0.1) is 0 Å². The summed E-state index contributed by atoms with van der Waals surface area (Å²) in [7, 11) is 1.55. The van der Waals surface area contributed by atoms with E-state index in [0.717, 1.165) is 0 Å². The van der Waals surface area contributed by atoms with Gasteiger partial charge in [0.15, 0.2) is 0 Å². The Hall–Kier alpha value is -3.91. The van der Waals surface area contributed by atoms with Crippen molar-refractivity contribution in [1.82, 2.24) is 4.98 Å². The number of pyridine rings is 1. The molecule has 0 unspecified atom stereocenters. The number of rotatable bonds is 6. The zero-order chi connectivity index (χ0) is 22.3. The first-order chi connectivity index (χ1) is 15.7. The number of para-hydroxylation sites is 2. The summed E-state index contributed by atoms with van der Waals surface area (Å²) in [6, 6.07) is 17.4. The Morgan fingerprint density at radius 2 is 1.69 bits per heavy atom. The number of carbonyl (C=O) groups excluding carboxylic acids is 2. The van der Waals surface area contributed by atoms with E-state index >= 15 is 0 Å². The zero-order valence-electron chi connectivity index (χ0n) is 17.7. The third kappa shape index (κ3) is 4.87. The van der Waals surface area contributed by atoms with Crippen molar-refractivity contribution in [2.75, 3.05) is 48.9 Å². The second-order valence-corrected chi connectivity index (χ2v) is 7.16. The number of nitrogens with zero attached hydrogens (tertiary/aromatic N) is 2. The Bertz CT molecular complexity index is 1100. The first-order valence-electron chi connectivity index (χ1n) is 10.3. The summed E-state index contributed by atoms with van der Waals surface area (Å²) in [5, 5.41) is 5.72. The number of amides is 2. The Morgan fingerprint density at radius 1 is 0.938 bits per heavy atom. The molecule has 8 heteroatoms. The lowest BCUT2D eigenvalue weighted by atomic mass is 10.1. The fourth-order valence-electron chi connectivity index (χ4n) is 3.45. The standard InChI is InChI=1S/C24H24N4O4/c1-31-21-7-3-2-6-20(21)27-23(29)17-8-10-18(11-9-17)26-24(30)19-5-4-12-25-22(19)28-13-15-32-16-14-28/h2-12H,13-16H2,1H3,(H,26,30)(H,27,29). The lowest BCUT2D eigenvalue weighted by Crippen LogP contribution is -2.38. The highest BCUT2D eigenvalue weighted by Gasteiger charge is 2.20. The molecule has 2 amide bonds. The van der Waals surface area contributed by atoms with E-state index in [4.69, 9.17) is 9.47 Å². The minimum Gasteiger partial charge on any atom is -0.495 e. The van der Waals surface area contributed by atoms with E-state index in [2.05, 4.69) is 15.6 Å². The van der Waals surface area contributed by atoms with Crippen LogP contribution in [0.3, 0.4) is 0 Å². The van der Waals surface area contributed by atoms with Crippen molar-refractivity contribution in [3.63, 3.8) is 0 Å². The zero-order valence-corrected chi connectivity index (χ0v) is 17.7. The number of aromatic nitrogens is 1. The van der Waals surface area contributed by atoms with E-state index in [1.807, 2.05) is 17.0 Å². The van der Waals surface area contributed by atoms with E-state index in [1.54, 1.807) is 61.8 Å². The van der Waals surface area contributed by atoms with Gasteiger partial charge in [0.05, 0.1) is 31.6 Å². The van der Waals surface area contributed by atoms with Crippen molar-refractivity contribution in [1.29, 1.82) is 0 Å². The third-order valence-electron chi connectivity index (χ3n) is 5.10. The van der Waals surface area contributed by atoms with Gasteiger partial charge in [-0.1, -0.05) is 12.1 Å². The first-order valence-corrected chi connectivity index (χ1v) is 10.3. The summed E-state index contributed by atoms with van der Waals surface area (Å²) in [6.07, 6.45) is 1.68. The summed E-state index contributed by atoms with van der Waals surface area (Å²) >= 11 is 0. The molecule has 0 bridgehead atoms. The molecule has 32 heavy (non-hydrogen) atoms. The van der Waals surface area contributed by atoms with Crippen molar-refractivity contribution in [3.8, 4) is 5.75 Å². The van der Waals surface area contributed by atoms with Gasteiger partial charge < -0.3 is 25.0 Å². The number of morpholine rings is 1. The molecule has 4 rings (SSSR count). The van der Waals surface area contributed by atoms with Gasteiger partial charge in [0.1, 0.15) is 11.6 Å². The predicted molar refractivity (Wildman–Crippen MR) is 123 cm³/mol. The molecule has 0 saturated carbocycles. The molecule has 2 heterocycles. The Balaban J connectivity index is 1.44. The van der Waals surface area contributed by atoms with E-state index in [1.165, 1.54) is 0 Å². The van der Waals surface area contributed by atoms with Gasteiger partial charge in [-0.05, 0) is 48.5 Å². The smallest absolute Gasteiger partial charge is 0.259 e. The summed E-state index contributed by atoms with van der Waals surface area (Å²) < 4.78 is 10.7. The van der Waals surface area contributed by atoms with Gasteiger partial charge in [0, 0.05) is 30.5 Å². The van der Waals surface area contributed by atoms with E-state index < -0.39 is 0 Å². The number of benzene rings is 2. The Labute approximate surface area is 186 Å². The van der Waals surface area contributed by atoms with Gasteiger partial charge >= 0.3 is 0 Å². The fraction of sp³-hybridized carbons (Fsp3) is 0.208. The van der Waals surface area contributed by atoms with Crippen LogP contribution in [0.1, 0.15) is 20.7 Å². The normalized spacial score (nSPS) is 13.3. The molecule has 0 atom stereocenters. The summed E-state index contributed by atoms with van der Waals surface area (Å²) in [5.74, 6) is 0.693. The molecule has 0 radical (unpaired) electrons. The lowest BCUT2D eigenvalue weighted by Gasteiger charge is -2.29. The average molecular weight is 432 g/mol. The van der Waals surface area contributed by atoms with Crippen LogP contribution < -0.4 is 20.3 Å². The largest absolute Gasteiger partial charge is 0.495 e. The maximum absolute atomic E-state index is 12.9. The van der Waals surface area contributed by atoms with Crippen LogP contribution in [0, 0.1) is 0 Å². The van der Waals surface area contributed by atoms with Gasteiger partial charge in [0.25, 0.3) is 11.8 Å². The van der Waals surface area contributed by atoms with Crippen LogP contribution in [0.5, 0.6) is 5.75 Å². The van der Waals surface area contributed by atoms with E-state index in [9.17, 15) is 9.59 Å². The SMILES string of the molecule is COc1ccccc1NC(=O)c1ccc(NC(=O)c2cccnc2N2CCOCC2)cc1. The van der Waals surface area contributed by atoms with Gasteiger partial charge in [-0.2, -0.15) is 0 Å². The number of ether oxygens (including phenoxy) is 2. The molecule has 0 spiro atoms.